The zero-order valence-electron chi connectivity index (χ0n) is 20.0. The summed E-state index contributed by atoms with van der Waals surface area (Å²) < 4.78 is 5.49. The molecule has 0 aliphatic heterocycles. The summed E-state index contributed by atoms with van der Waals surface area (Å²) in [5, 5.41) is 14.2. The number of nitrogens with one attached hydrogen (secondary N) is 1. The summed E-state index contributed by atoms with van der Waals surface area (Å²) in [6.07, 6.45) is 10.9. The molecule has 5 aromatic rings. The number of aromatic amines is 1. The molecular weight excluding hydrogens is 442 g/mol. The molecule has 35 heavy (non-hydrogen) atoms. The predicted octanol–water partition coefficient (Wildman–Crippen LogP) is 3.66. The Morgan fingerprint density at radius 1 is 1.06 bits per heavy atom. The fraction of sp³-hybridized carbons (Fsp3) is 0.280. The van der Waals surface area contributed by atoms with Crippen molar-refractivity contribution < 1.29 is 0 Å². The molecular formula is C25H27N9O. The van der Waals surface area contributed by atoms with Crippen molar-refractivity contribution in [3.63, 3.8) is 0 Å². The molecule has 0 atom stereocenters. The van der Waals surface area contributed by atoms with Gasteiger partial charge in [-0.2, -0.15) is 5.21 Å². The number of rotatable bonds is 8. The molecule has 0 radical (unpaired) electrons. The highest BCUT2D eigenvalue weighted by Gasteiger charge is 2.18. The van der Waals surface area contributed by atoms with Gasteiger partial charge in [0.1, 0.15) is 0 Å². The van der Waals surface area contributed by atoms with Crippen LogP contribution in [0.3, 0.4) is 0 Å². The van der Waals surface area contributed by atoms with E-state index in [1.165, 1.54) is 0 Å². The van der Waals surface area contributed by atoms with Crippen LogP contribution >= 0.6 is 0 Å². The molecule has 10 heteroatoms. The highest BCUT2D eigenvalue weighted by Crippen LogP contribution is 2.26. The lowest BCUT2D eigenvalue weighted by Crippen LogP contribution is -2.27. The fourth-order valence-electron chi connectivity index (χ4n) is 4.28. The van der Waals surface area contributed by atoms with Gasteiger partial charge in [-0.25, -0.2) is 14.3 Å². The maximum atomic E-state index is 13.6. The van der Waals surface area contributed by atoms with E-state index in [4.69, 9.17) is 0 Å². The standard InChI is InChI=1S/C25H27N9O/c1-4-5-21-16-34(24-27-12-13-32(24)17(2)3)25(35)33(21)15-20-14-26-11-10-22(20)18-6-8-19(9-7-18)23-28-30-31-29-23/h6-14,16-17H,4-5,15H2,1-3H3,(H,28,29,30,31). The summed E-state index contributed by atoms with van der Waals surface area (Å²) >= 11 is 0. The number of H-pyrrole nitrogens is 1. The molecule has 1 aromatic carbocycles. The van der Waals surface area contributed by atoms with E-state index >= 15 is 0 Å². The van der Waals surface area contributed by atoms with Crippen LogP contribution in [0.15, 0.2) is 66.1 Å². The van der Waals surface area contributed by atoms with Gasteiger partial charge in [-0.05, 0) is 48.2 Å². The third-order valence-electron chi connectivity index (χ3n) is 6.02. The van der Waals surface area contributed by atoms with Crippen molar-refractivity contribution in [1.82, 2.24) is 44.3 Å². The molecule has 178 valence electrons. The molecule has 4 heterocycles. The number of hydrogen-bond acceptors (Lipinski definition) is 6. The van der Waals surface area contributed by atoms with Crippen LogP contribution in [0, 0.1) is 0 Å². The molecule has 0 aliphatic rings. The highest BCUT2D eigenvalue weighted by atomic mass is 16.1. The van der Waals surface area contributed by atoms with Crippen molar-refractivity contribution in [1.29, 1.82) is 0 Å². The monoisotopic (exact) mass is 469 g/mol. The number of pyridine rings is 1. The van der Waals surface area contributed by atoms with Crippen LogP contribution in [-0.4, -0.2) is 44.3 Å². The Labute approximate surface area is 202 Å². The molecule has 0 fully saturated rings. The van der Waals surface area contributed by atoms with Crippen molar-refractivity contribution >= 4 is 0 Å². The summed E-state index contributed by atoms with van der Waals surface area (Å²) in [5.41, 5.74) is 4.74. The SMILES string of the molecule is CCCc1cn(-c2nccn2C(C)C)c(=O)n1Cc1cnccc1-c1ccc(-c2nn[nH]n2)cc1. The zero-order chi connectivity index (χ0) is 24.4. The Bertz CT molecular complexity index is 1470. The summed E-state index contributed by atoms with van der Waals surface area (Å²) in [7, 11) is 0. The smallest absolute Gasteiger partial charge is 0.314 e. The summed E-state index contributed by atoms with van der Waals surface area (Å²) in [6.45, 7) is 6.68. The number of aryl methyl sites for hydroxylation is 1. The van der Waals surface area contributed by atoms with Gasteiger partial charge in [-0.3, -0.25) is 9.55 Å². The molecule has 0 saturated heterocycles. The van der Waals surface area contributed by atoms with Crippen molar-refractivity contribution in [2.24, 2.45) is 0 Å². The van der Waals surface area contributed by atoms with Crippen LogP contribution in [-0.2, 0) is 13.0 Å². The summed E-state index contributed by atoms with van der Waals surface area (Å²) in [5.74, 6) is 1.17. The number of imidazole rings is 2. The summed E-state index contributed by atoms with van der Waals surface area (Å²) in [4.78, 5) is 22.4. The highest BCUT2D eigenvalue weighted by molar-refractivity contribution is 5.69. The van der Waals surface area contributed by atoms with Gasteiger partial charge in [0.05, 0.1) is 6.54 Å². The number of hydrogen-bond donors (Lipinski definition) is 1. The molecule has 0 spiro atoms. The van der Waals surface area contributed by atoms with Crippen molar-refractivity contribution in [2.75, 3.05) is 0 Å². The molecule has 0 aliphatic carbocycles. The van der Waals surface area contributed by atoms with Gasteiger partial charge in [-0.15, -0.1) is 10.2 Å². The van der Waals surface area contributed by atoms with Crippen LogP contribution < -0.4 is 5.69 Å². The molecule has 0 unspecified atom stereocenters. The van der Waals surface area contributed by atoms with E-state index < -0.39 is 0 Å². The Morgan fingerprint density at radius 2 is 1.86 bits per heavy atom. The molecule has 5 rings (SSSR count). The second-order valence-electron chi connectivity index (χ2n) is 8.68. The first-order chi connectivity index (χ1) is 17.1. The third-order valence-corrected chi connectivity index (χ3v) is 6.02. The fourth-order valence-corrected chi connectivity index (χ4v) is 4.28. The number of aromatic nitrogens is 9. The van der Waals surface area contributed by atoms with Crippen molar-refractivity contribution in [3.05, 3.63) is 83.1 Å². The van der Waals surface area contributed by atoms with Gasteiger partial charge in [-0.1, -0.05) is 37.6 Å². The lowest BCUT2D eigenvalue weighted by molar-refractivity contribution is 0.577. The van der Waals surface area contributed by atoms with Crippen LogP contribution in [0.1, 0.15) is 44.5 Å². The number of benzene rings is 1. The Balaban J connectivity index is 1.53. The van der Waals surface area contributed by atoms with Gasteiger partial charge in [0, 0.05) is 48.3 Å². The molecule has 1 N–H and O–H groups in total. The molecule has 4 aromatic heterocycles. The molecule has 0 saturated carbocycles. The van der Waals surface area contributed by atoms with Crippen LogP contribution in [0.2, 0.25) is 0 Å². The minimum absolute atomic E-state index is 0.108. The Morgan fingerprint density at radius 3 is 2.57 bits per heavy atom. The average Bonchev–Trinajstić information content (AvgIpc) is 3.62. The second-order valence-corrected chi connectivity index (χ2v) is 8.68. The van der Waals surface area contributed by atoms with E-state index in [0.717, 1.165) is 40.8 Å². The van der Waals surface area contributed by atoms with Gasteiger partial charge in [0.25, 0.3) is 0 Å². The van der Waals surface area contributed by atoms with E-state index in [0.29, 0.717) is 18.3 Å². The number of tetrazole rings is 1. The largest absolute Gasteiger partial charge is 0.335 e. The Kier molecular flexibility index (Phi) is 6.09. The topological polar surface area (TPSA) is 112 Å². The van der Waals surface area contributed by atoms with Crippen molar-refractivity contribution in [3.8, 4) is 28.5 Å². The normalized spacial score (nSPS) is 11.4. The van der Waals surface area contributed by atoms with Gasteiger partial charge in [0.15, 0.2) is 0 Å². The molecule has 10 nitrogen and oxygen atoms in total. The number of nitrogens with zero attached hydrogens (tertiary/aromatic N) is 8. The molecule has 0 amide bonds. The van der Waals surface area contributed by atoms with Gasteiger partial charge in [0.2, 0.25) is 11.8 Å². The average molecular weight is 470 g/mol. The first-order valence-corrected chi connectivity index (χ1v) is 11.7. The van der Waals surface area contributed by atoms with Gasteiger partial charge >= 0.3 is 5.69 Å². The van der Waals surface area contributed by atoms with E-state index in [2.05, 4.69) is 51.4 Å². The van der Waals surface area contributed by atoms with E-state index in [1.807, 2.05) is 58.1 Å². The van der Waals surface area contributed by atoms with Crippen molar-refractivity contribution in [2.45, 2.75) is 46.2 Å². The van der Waals surface area contributed by atoms with Gasteiger partial charge < -0.3 is 4.57 Å². The predicted molar refractivity (Wildman–Crippen MR) is 132 cm³/mol. The third kappa shape index (κ3) is 4.30. The minimum Gasteiger partial charge on any atom is -0.314 e. The maximum Gasteiger partial charge on any atom is 0.335 e. The Hall–Kier alpha value is -4.34. The first kappa shape index (κ1) is 22.5. The van der Waals surface area contributed by atoms with E-state index in [9.17, 15) is 4.79 Å². The van der Waals surface area contributed by atoms with E-state index in [-0.39, 0.29) is 11.7 Å². The lowest BCUT2D eigenvalue weighted by Gasteiger charge is -2.12. The molecule has 0 bridgehead atoms. The lowest BCUT2D eigenvalue weighted by atomic mass is 10.00. The summed E-state index contributed by atoms with van der Waals surface area (Å²) in [6, 6.07) is 10.1. The van der Waals surface area contributed by atoms with Crippen LogP contribution in [0.25, 0.3) is 28.5 Å². The zero-order valence-corrected chi connectivity index (χ0v) is 20.0. The quantitative estimate of drug-likeness (QED) is 0.371. The maximum absolute atomic E-state index is 13.6. The second kappa shape index (κ2) is 9.49. The van der Waals surface area contributed by atoms with E-state index in [1.54, 1.807) is 17.0 Å². The van der Waals surface area contributed by atoms with Crippen LogP contribution in [0.5, 0.6) is 0 Å². The minimum atomic E-state index is -0.108. The van der Waals surface area contributed by atoms with Crippen LogP contribution in [0.4, 0.5) is 0 Å². The first-order valence-electron chi connectivity index (χ1n) is 11.7.